The van der Waals surface area contributed by atoms with E-state index in [4.69, 9.17) is 0 Å². The van der Waals surface area contributed by atoms with Gasteiger partial charge in [-0.05, 0) is 47.6 Å². The largest absolute Gasteiger partial charge is 0.283 e. The van der Waals surface area contributed by atoms with E-state index in [2.05, 4.69) is 18.8 Å². The van der Waals surface area contributed by atoms with E-state index in [-0.39, 0.29) is 11.5 Å². The van der Waals surface area contributed by atoms with Crippen LogP contribution in [0.15, 0.2) is 47.7 Å². The van der Waals surface area contributed by atoms with E-state index in [0.29, 0.717) is 5.39 Å². The average molecular weight is 296 g/mol. The fourth-order valence-corrected chi connectivity index (χ4v) is 2.72. The summed E-state index contributed by atoms with van der Waals surface area (Å²) >= 11 is 0. The molecule has 22 heavy (non-hydrogen) atoms. The van der Waals surface area contributed by atoms with E-state index in [9.17, 15) is 9.18 Å². The van der Waals surface area contributed by atoms with Gasteiger partial charge in [-0.15, -0.1) is 0 Å². The van der Waals surface area contributed by atoms with E-state index in [1.807, 2.05) is 13.1 Å². The molecule has 0 radical (unpaired) electrons. The van der Waals surface area contributed by atoms with Crippen LogP contribution in [0.25, 0.3) is 16.5 Å². The minimum Gasteiger partial charge on any atom is -0.283 e. The minimum absolute atomic E-state index is 0.215. The van der Waals surface area contributed by atoms with Crippen molar-refractivity contribution >= 4 is 10.8 Å². The third kappa shape index (κ3) is 2.30. The summed E-state index contributed by atoms with van der Waals surface area (Å²) in [5.41, 5.74) is 2.47. The van der Waals surface area contributed by atoms with Crippen molar-refractivity contribution in [2.75, 3.05) is 0 Å². The third-order valence-electron chi connectivity index (χ3n) is 3.88. The lowest BCUT2D eigenvalue weighted by molar-refractivity contribution is 0.629. The Bertz CT molecular complexity index is 913. The predicted octanol–water partition coefficient (Wildman–Crippen LogP) is 3.96. The summed E-state index contributed by atoms with van der Waals surface area (Å²) in [7, 11) is 0. The Morgan fingerprint density at radius 1 is 1.18 bits per heavy atom. The molecule has 0 unspecified atom stereocenters. The van der Waals surface area contributed by atoms with E-state index >= 15 is 0 Å². The van der Waals surface area contributed by atoms with Crippen molar-refractivity contribution in [2.24, 2.45) is 0 Å². The molecule has 0 spiro atoms. The first-order valence-electron chi connectivity index (χ1n) is 7.25. The highest BCUT2D eigenvalue weighted by molar-refractivity contribution is 5.85. The van der Waals surface area contributed by atoms with Gasteiger partial charge in [-0.2, -0.15) is 0 Å². The van der Waals surface area contributed by atoms with Gasteiger partial charge < -0.3 is 0 Å². The van der Waals surface area contributed by atoms with Crippen LogP contribution in [0.1, 0.15) is 30.9 Å². The molecule has 0 aliphatic carbocycles. The highest BCUT2D eigenvalue weighted by Crippen LogP contribution is 2.25. The molecule has 1 aromatic carbocycles. The second-order valence-corrected chi connectivity index (χ2v) is 5.77. The molecular weight excluding hydrogens is 279 g/mol. The van der Waals surface area contributed by atoms with Crippen LogP contribution in [0.3, 0.4) is 0 Å². The number of benzene rings is 1. The van der Waals surface area contributed by atoms with Crippen LogP contribution in [0, 0.1) is 12.7 Å². The van der Waals surface area contributed by atoms with Crippen molar-refractivity contribution in [3.63, 3.8) is 0 Å². The number of nitrogens with zero attached hydrogens (tertiary/aromatic N) is 2. The standard InChI is InChI=1S/C18H17FN2O/c1-11(2)16-10-21(17-6-7-20-9-12(17)3)18(22)15-8-13(19)4-5-14(15)16/h4-11H,1-3H3. The smallest absolute Gasteiger partial charge is 0.263 e. The molecule has 0 N–H and O–H groups in total. The molecule has 3 aromatic rings. The van der Waals surface area contributed by atoms with Gasteiger partial charge in [-0.3, -0.25) is 14.3 Å². The van der Waals surface area contributed by atoms with Gasteiger partial charge >= 0.3 is 0 Å². The highest BCUT2D eigenvalue weighted by atomic mass is 19.1. The highest BCUT2D eigenvalue weighted by Gasteiger charge is 2.14. The Labute approximate surface area is 128 Å². The number of hydrogen-bond acceptors (Lipinski definition) is 2. The lowest BCUT2D eigenvalue weighted by Gasteiger charge is -2.16. The summed E-state index contributed by atoms with van der Waals surface area (Å²) in [5.74, 6) is -0.175. The number of fused-ring (bicyclic) bond motifs is 1. The number of rotatable bonds is 2. The van der Waals surface area contributed by atoms with Crippen LogP contribution < -0.4 is 5.56 Å². The molecule has 0 amide bonds. The lowest BCUT2D eigenvalue weighted by atomic mass is 9.98. The van der Waals surface area contributed by atoms with E-state index < -0.39 is 5.82 Å². The molecule has 0 fully saturated rings. The van der Waals surface area contributed by atoms with Gasteiger partial charge in [-0.25, -0.2) is 4.39 Å². The summed E-state index contributed by atoms with van der Waals surface area (Å²) in [6.45, 7) is 6.03. The molecule has 2 aromatic heterocycles. The molecule has 3 rings (SSSR count). The molecule has 0 aliphatic heterocycles. The summed E-state index contributed by atoms with van der Waals surface area (Å²) < 4.78 is 15.2. The maximum atomic E-state index is 13.6. The van der Waals surface area contributed by atoms with Gasteiger partial charge in [0.25, 0.3) is 5.56 Å². The van der Waals surface area contributed by atoms with Crippen molar-refractivity contribution in [1.82, 2.24) is 9.55 Å². The molecule has 112 valence electrons. The van der Waals surface area contributed by atoms with Crippen LogP contribution in [-0.4, -0.2) is 9.55 Å². The van der Waals surface area contributed by atoms with Gasteiger partial charge in [0.15, 0.2) is 0 Å². The lowest BCUT2D eigenvalue weighted by Crippen LogP contribution is -2.20. The van der Waals surface area contributed by atoms with Gasteiger partial charge in [0, 0.05) is 18.6 Å². The second-order valence-electron chi connectivity index (χ2n) is 5.77. The van der Waals surface area contributed by atoms with Crippen molar-refractivity contribution in [3.8, 4) is 5.69 Å². The molecule has 4 heteroatoms. The van der Waals surface area contributed by atoms with Gasteiger partial charge in [-0.1, -0.05) is 19.9 Å². The number of pyridine rings is 2. The number of aryl methyl sites for hydroxylation is 1. The maximum Gasteiger partial charge on any atom is 0.263 e. The fraction of sp³-hybridized carbons (Fsp3) is 0.222. The predicted molar refractivity (Wildman–Crippen MR) is 86.1 cm³/mol. The summed E-state index contributed by atoms with van der Waals surface area (Å²) in [6.07, 6.45) is 5.22. The van der Waals surface area contributed by atoms with E-state index in [1.165, 1.54) is 12.1 Å². The van der Waals surface area contributed by atoms with Crippen LogP contribution in [-0.2, 0) is 0 Å². The first-order chi connectivity index (χ1) is 10.5. The van der Waals surface area contributed by atoms with Crippen LogP contribution in [0.2, 0.25) is 0 Å². The Morgan fingerprint density at radius 3 is 2.64 bits per heavy atom. The molecule has 0 saturated carbocycles. The number of hydrogen-bond donors (Lipinski definition) is 0. The molecule has 0 atom stereocenters. The number of aromatic nitrogens is 2. The zero-order chi connectivity index (χ0) is 15.9. The Balaban J connectivity index is 2.44. The molecule has 3 nitrogen and oxygen atoms in total. The second kappa shape index (κ2) is 5.37. The molecule has 0 bridgehead atoms. The van der Waals surface area contributed by atoms with E-state index in [1.54, 1.807) is 29.1 Å². The summed E-state index contributed by atoms with van der Waals surface area (Å²) in [4.78, 5) is 16.8. The van der Waals surface area contributed by atoms with Gasteiger partial charge in [0.05, 0.1) is 11.1 Å². The molecule has 0 aliphatic rings. The van der Waals surface area contributed by atoms with Crippen LogP contribution in [0.4, 0.5) is 4.39 Å². The number of halogens is 1. The average Bonchev–Trinajstić information content (AvgIpc) is 2.49. The Morgan fingerprint density at radius 2 is 1.95 bits per heavy atom. The van der Waals surface area contributed by atoms with Gasteiger partial charge in [0.2, 0.25) is 0 Å². The SMILES string of the molecule is Cc1cnccc1-n1cc(C(C)C)c2ccc(F)cc2c1=O. The van der Waals surface area contributed by atoms with Crippen LogP contribution in [0.5, 0.6) is 0 Å². The molecule has 2 heterocycles. The zero-order valence-corrected chi connectivity index (χ0v) is 12.8. The normalized spacial score (nSPS) is 11.3. The first-order valence-corrected chi connectivity index (χ1v) is 7.25. The van der Waals surface area contributed by atoms with Gasteiger partial charge in [0.1, 0.15) is 5.82 Å². The van der Waals surface area contributed by atoms with Crippen molar-refractivity contribution in [1.29, 1.82) is 0 Å². The summed E-state index contributed by atoms with van der Waals surface area (Å²) in [5, 5.41) is 1.21. The van der Waals surface area contributed by atoms with Crippen molar-refractivity contribution in [2.45, 2.75) is 26.7 Å². The van der Waals surface area contributed by atoms with E-state index in [0.717, 1.165) is 22.2 Å². The molecular formula is C18H17FN2O. The fourth-order valence-electron chi connectivity index (χ4n) is 2.72. The third-order valence-corrected chi connectivity index (χ3v) is 3.88. The molecule has 0 saturated heterocycles. The minimum atomic E-state index is -0.400. The first kappa shape index (κ1) is 14.4. The van der Waals surface area contributed by atoms with Crippen molar-refractivity contribution in [3.05, 3.63) is 70.2 Å². The quantitative estimate of drug-likeness (QED) is 0.717. The van der Waals surface area contributed by atoms with Crippen molar-refractivity contribution < 1.29 is 4.39 Å². The maximum absolute atomic E-state index is 13.6. The van der Waals surface area contributed by atoms with Crippen LogP contribution >= 0.6 is 0 Å². The summed E-state index contributed by atoms with van der Waals surface area (Å²) in [6, 6.07) is 6.20. The monoisotopic (exact) mass is 296 g/mol. The zero-order valence-electron chi connectivity index (χ0n) is 12.8. The Hall–Kier alpha value is -2.49. The Kier molecular flexibility index (Phi) is 3.53. The topological polar surface area (TPSA) is 34.9 Å².